The third kappa shape index (κ3) is 4.87. The molecular weight excluding hydrogens is 384 g/mol. The minimum atomic E-state index is -0.250. The van der Waals surface area contributed by atoms with E-state index in [1.165, 1.54) is 4.90 Å². The Balaban J connectivity index is 2.11. The fourth-order valence-electron chi connectivity index (χ4n) is 4.12. The van der Waals surface area contributed by atoms with Crippen LogP contribution < -0.4 is 5.56 Å². The SMILES string of the molecule is COCCn1c(C)cc(O)c([C@@H](c2ccc(SC)cc2)N2CCC(C)CC2)c1=O. The van der Waals surface area contributed by atoms with Crippen molar-refractivity contribution in [1.29, 1.82) is 0 Å². The van der Waals surface area contributed by atoms with E-state index in [9.17, 15) is 9.90 Å². The van der Waals surface area contributed by atoms with E-state index < -0.39 is 0 Å². The monoisotopic (exact) mass is 416 g/mol. The number of methoxy groups -OCH3 is 1. The van der Waals surface area contributed by atoms with Crippen LogP contribution in [0, 0.1) is 12.8 Å². The van der Waals surface area contributed by atoms with Gasteiger partial charge in [-0.1, -0.05) is 19.1 Å². The van der Waals surface area contributed by atoms with Crippen molar-refractivity contribution in [2.24, 2.45) is 5.92 Å². The van der Waals surface area contributed by atoms with Crippen LogP contribution in [0.25, 0.3) is 0 Å². The molecule has 29 heavy (non-hydrogen) atoms. The number of likely N-dealkylation sites (tertiary alicyclic amines) is 1. The molecule has 0 unspecified atom stereocenters. The number of nitrogens with zero attached hydrogens (tertiary/aromatic N) is 2. The Morgan fingerprint density at radius 3 is 2.48 bits per heavy atom. The quantitative estimate of drug-likeness (QED) is 0.690. The van der Waals surface area contributed by atoms with E-state index in [1.54, 1.807) is 29.5 Å². The van der Waals surface area contributed by atoms with Crippen LogP contribution in [0.4, 0.5) is 0 Å². The number of aryl methyl sites for hydroxylation is 1. The number of hydrogen-bond donors (Lipinski definition) is 1. The third-order valence-corrected chi connectivity index (χ3v) is 6.67. The van der Waals surface area contributed by atoms with Gasteiger partial charge in [0.15, 0.2) is 0 Å². The Bertz CT molecular complexity index is 871. The second-order valence-corrected chi connectivity index (χ2v) is 8.81. The molecule has 6 heteroatoms. The smallest absolute Gasteiger partial charge is 0.259 e. The van der Waals surface area contributed by atoms with Crippen molar-refractivity contribution in [3.8, 4) is 5.75 Å². The minimum Gasteiger partial charge on any atom is -0.507 e. The molecule has 0 bridgehead atoms. The predicted molar refractivity (Wildman–Crippen MR) is 119 cm³/mol. The standard InChI is InChI=1S/C23H32N2O3S/c1-16-9-11-24(12-10-16)22(18-5-7-19(29-4)8-6-18)21-20(26)15-17(2)25(23(21)27)13-14-28-3/h5-8,15-16,22,26H,9-14H2,1-4H3/t22-/m1/s1. The van der Waals surface area contributed by atoms with Crippen molar-refractivity contribution in [2.45, 2.75) is 44.2 Å². The zero-order valence-corrected chi connectivity index (χ0v) is 18.7. The van der Waals surface area contributed by atoms with Gasteiger partial charge in [-0.15, -0.1) is 11.8 Å². The van der Waals surface area contributed by atoms with Crippen molar-refractivity contribution in [3.63, 3.8) is 0 Å². The zero-order valence-electron chi connectivity index (χ0n) is 17.9. The van der Waals surface area contributed by atoms with Crippen molar-refractivity contribution in [3.05, 3.63) is 57.5 Å². The molecule has 2 aromatic rings. The summed E-state index contributed by atoms with van der Waals surface area (Å²) in [6.45, 7) is 6.90. The fraction of sp³-hybridized carbons (Fsp3) is 0.522. The van der Waals surface area contributed by atoms with Crippen LogP contribution in [0.15, 0.2) is 40.0 Å². The van der Waals surface area contributed by atoms with Crippen LogP contribution in [0.5, 0.6) is 5.75 Å². The van der Waals surface area contributed by atoms with Crippen LogP contribution in [0.2, 0.25) is 0 Å². The van der Waals surface area contributed by atoms with Crippen LogP contribution in [0.1, 0.15) is 42.6 Å². The lowest BCUT2D eigenvalue weighted by molar-refractivity contribution is 0.154. The van der Waals surface area contributed by atoms with Gasteiger partial charge in [-0.05, 0) is 68.8 Å². The molecule has 3 rings (SSSR count). The van der Waals surface area contributed by atoms with E-state index in [0.29, 0.717) is 24.6 Å². The van der Waals surface area contributed by atoms with E-state index >= 15 is 0 Å². The first-order chi connectivity index (χ1) is 14.0. The number of pyridine rings is 1. The summed E-state index contributed by atoms with van der Waals surface area (Å²) >= 11 is 1.70. The van der Waals surface area contributed by atoms with Gasteiger partial charge in [-0.3, -0.25) is 9.69 Å². The van der Waals surface area contributed by atoms with E-state index in [2.05, 4.69) is 42.3 Å². The van der Waals surface area contributed by atoms with Gasteiger partial charge in [0.05, 0.1) is 18.2 Å². The summed E-state index contributed by atoms with van der Waals surface area (Å²) in [6, 6.07) is 9.82. The lowest BCUT2D eigenvalue weighted by Gasteiger charge is -2.37. The van der Waals surface area contributed by atoms with E-state index in [-0.39, 0.29) is 17.4 Å². The zero-order chi connectivity index (χ0) is 21.0. The molecule has 1 N–H and O–H groups in total. The van der Waals surface area contributed by atoms with Gasteiger partial charge in [0.1, 0.15) is 5.75 Å². The van der Waals surface area contributed by atoms with E-state index in [4.69, 9.17) is 4.74 Å². The summed E-state index contributed by atoms with van der Waals surface area (Å²) in [7, 11) is 1.63. The van der Waals surface area contributed by atoms with Gasteiger partial charge in [-0.2, -0.15) is 0 Å². The van der Waals surface area contributed by atoms with E-state index in [1.807, 2.05) is 6.92 Å². The molecule has 0 aliphatic carbocycles. The fourth-order valence-corrected chi connectivity index (χ4v) is 4.53. The normalized spacial score (nSPS) is 16.8. The number of rotatable bonds is 7. The molecule has 158 valence electrons. The number of piperidine rings is 1. The van der Waals surface area contributed by atoms with Crippen LogP contribution >= 0.6 is 11.8 Å². The Labute approximate surface area is 177 Å². The molecule has 0 amide bonds. The number of aromatic nitrogens is 1. The molecular formula is C23H32N2O3S. The highest BCUT2D eigenvalue weighted by Gasteiger charge is 2.31. The summed E-state index contributed by atoms with van der Waals surface area (Å²) in [5, 5.41) is 10.9. The first kappa shape index (κ1) is 21.9. The lowest BCUT2D eigenvalue weighted by Crippen LogP contribution is -2.40. The van der Waals surface area contributed by atoms with Crippen molar-refractivity contribution >= 4 is 11.8 Å². The van der Waals surface area contributed by atoms with Crippen molar-refractivity contribution < 1.29 is 9.84 Å². The Morgan fingerprint density at radius 1 is 1.24 bits per heavy atom. The van der Waals surface area contributed by atoms with Crippen molar-refractivity contribution in [1.82, 2.24) is 9.47 Å². The summed E-state index contributed by atoms with van der Waals surface area (Å²) in [5.41, 5.74) is 2.14. The van der Waals surface area contributed by atoms with Gasteiger partial charge >= 0.3 is 0 Å². The van der Waals surface area contributed by atoms with Crippen LogP contribution in [-0.4, -0.2) is 47.6 Å². The highest BCUT2D eigenvalue weighted by Crippen LogP contribution is 2.35. The Hall–Kier alpha value is -1.76. The van der Waals surface area contributed by atoms with Gasteiger partial charge < -0.3 is 14.4 Å². The van der Waals surface area contributed by atoms with E-state index in [0.717, 1.165) is 37.2 Å². The van der Waals surface area contributed by atoms with Gasteiger partial charge in [0.25, 0.3) is 5.56 Å². The Kier molecular flexibility index (Phi) is 7.44. The molecule has 5 nitrogen and oxygen atoms in total. The summed E-state index contributed by atoms with van der Waals surface area (Å²) in [5.74, 6) is 0.773. The molecule has 1 fully saturated rings. The number of benzene rings is 1. The highest BCUT2D eigenvalue weighted by atomic mass is 32.2. The summed E-state index contributed by atoms with van der Waals surface area (Å²) < 4.78 is 6.91. The molecule has 1 aliphatic heterocycles. The average Bonchev–Trinajstić information content (AvgIpc) is 2.72. The minimum absolute atomic E-state index is 0.0822. The molecule has 0 radical (unpaired) electrons. The average molecular weight is 417 g/mol. The van der Waals surface area contributed by atoms with Crippen LogP contribution in [-0.2, 0) is 11.3 Å². The molecule has 0 spiro atoms. The molecule has 1 aromatic heterocycles. The number of hydrogen-bond acceptors (Lipinski definition) is 5. The largest absolute Gasteiger partial charge is 0.507 e. The summed E-state index contributed by atoms with van der Waals surface area (Å²) in [4.78, 5) is 17.0. The maximum atomic E-state index is 13.5. The van der Waals surface area contributed by atoms with Gasteiger partial charge in [-0.25, -0.2) is 0 Å². The molecule has 0 saturated carbocycles. The maximum absolute atomic E-state index is 13.5. The molecule has 2 heterocycles. The second kappa shape index (κ2) is 9.83. The first-order valence-electron chi connectivity index (χ1n) is 10.3. The molecule has 1 atom stereocenters. The van der Waals surface area contributed by atoms with Crippen molar-refractivity contribution in [2.75, 3.05) is 33.1 Å². The molecule has 1 aliphatic rings. The third-order valence-electron chi connectivity index (χ3n) is 5.93. The van der Waals surface area contributed by atoms with Crippen LogP contribution in [0.3, 0.4) is 0 Å². The lowest BCUT2D eigenvalue weighted by atomic mass is 9.92. The number of thioether (sulfide) groups is 1. The number of ether oxygens (including phenoxy) is 1. The molecule has 1 aromatic carbocycles. The predicted octanol–water partition coefficient (Wildman–Crippen LogP) is 4.05. The highest BCUT2D eigenvalue weighted by molar-refractivity contribution is 7.98. The Morgan fingerprint density at radius 2 is 1.90 bits per heavy atom. The first-order valence-corrected chi connectivity index (χ1v) is 11.5. The number of aromatic hydroxyl groups is 1. The molecule has 1 saturated heterocycles. The summed E-state index contributed by atoms with van der Waals surface area (Å²) in [6.07, 6.45) is 4.26. The second-order valence-electron chi connectivity index (χ2n) is 7.93. The maximum Gasteiger partial charge on any atom is 0.259 e. The van der Waals surface area contributed by atoms with Gasteiger partial charge in [0, 0.05) is 24.2 Å². The topological polar surface area (TPSA) is 54.7 Å². The van der Waals surface area contributed by atoms with Gasteiger partial charge in [0.2, 0.25) is 0 Å².